The number of carbonyl (C=O) groups is 1. The van der Waals surface area contributed by atoms with Crippen LogP contribution in [0.4, 0.5) is 5.82 Å². The molecular formula is C20H22N4O3S. The van der Waals surface area contributed by atoms with Crippen LogP contribution in [-0.4, -0.2) is 31.6 Å². The van der Waals surface area contributed by atoms with Crippen molar-refractivity contribution in [1.29, 1.82) is 0 Å². The lowest BCUT2D eigenvalue weighted by atomic mass is 9.99. The fraction of sp³-hybridized carbons (Fsp3) is 0.200. The predicted octanol–water partition coefficient (Wildman–Crippen LogP) is 1.59. The topological polar surface area (TPSA) is 114 Å². The van der Waals surface area contributed by atoms with Crippen LogP contribution in [0.15, 0.2) is 60.8 Å². The molecule has 8 heteroatoms. The Morgan fingerprint density at radius 3 is 2.57 bits per heavy atom. The lowest BCUT2D eigenvalue weighted by molar-refractivity contribution is -0.122. The zero-order valence-corrected chi connectivity index (χ0v) is 16.2. The van der Waals surface area contributed by atoms with Crippen molar-refractivity contribution in [1.82, 2.24) is 15.0 Å². The number of nitrogens with one attached hydrogen (secondary N) is 2. The Bertz CT molecular complexity index is 1080. The van der Waals surface area contributed by atoms with Gasteiger partial charge in [-0.25, -0.2) is 18.1 Å². The summed E-state index contributed by atoms with van der Waals surface area (Å²) in [7, 11) is -3.57. The highest BCUT2D eigenvalue weighted by molar-refractivity contribution is 7.88. The Balaban J connectivity index is 1.79. The van der Waals surface area contributed by atoms with E-state index < -0.39 is 22.0 Å². The molecule has 1 atom stereocenters. The molecule has 2 aromatic carbocycles. The average molecular weight is 398 g/mol. The van der Waals surface area contributed by atoms with Gasteiger partial charge in [-0.2, -0.15) is 0 Å². The summed E-state index contributed by atoms with van der Waals surface area (Å²) in [6.45, 7) is 0.226. The Hall–Kier alpha value is -2.97. The standard InChI is InChI=1S/C20H22N4O3S/c1-28(26,27)24-18(20(25)23-13-14-9-10-19(21)22-12-14)11-16-7-4-6-15-5-2-3-8-17(15)16/h2-10,12,18,24H,11,13H2,1H3,(H2,21,22)(H,23,25). The predicted molar refractivity (Wildman–Crippen MR) is 110 cm³/mol. The van der Waals surface area contributed by atoms with Crippen molar-refractivity contribution in [3.63, 3.8) is 0 Å². The molecule has 146 valence electrons. The minimum Gasteiger partial charge on any atom is -0.384 e. The van der Waals surface area contributed by atoms with Gasteiger partial charge in [0.2, 0.25) is 15.9 Å². The smallest absolute Gasteiger partial charge is 0.238 e. The molecule has 0 saturated carbocycles. The first-order valence-electron chi connectivity index (χ1n) is 8.74. The van der Waals surface area contributed by atoms with Gasteiger partial charge >= 0.3 is 0 Å². The number of hydrogen-bond donors (Lipinski definition) is 3. The van der Waals surface area contributed by atoms with Crippen LogP contribution in [0, 0.1) is 0 Å². The van der Waals surface area contributed by atoms with Gasteiger partial charge in [0.05, 0.1) is 6.26 Å². The summed E-state index contributed by atoms with van der Waals surface area (Å²) < 4.78 is 26.0. The molecule has 1 aromatic heterocycles. The number of fused-ring (bicyclic) bond motifs is 1. The van der Waals surface area contributed by atoms with Crippen molar-refractivity contribution in [3.8, 4) is 0 Å². The van der Waals surface area contributed by atoms with Crippen molar-refractivity contribution in [2.24, 2.45) is 0 Å². The summed E-state index contributed by atoms with van der Waals surface area (Å²) in [6.07, 6.45) is 2.85. The van der Waals surface area contributed by atoms with E-state index >= 15 is 0 Å². The van der Waals surface area contributed by atoms with E-state index in [1.54, 1.807) is 18.3 Å². The van der Waals surface area contributed by atoms with E-state index in [2.05, 4.69) is 15.0 Å². The number of nitrogens with zero attached hydrogens (tertiary/aromatic N) is 1. The highest BCUT2D eigenvalue weighted by atomic mass is 32.2. The van der Waals surface area contributed by atoms with Crippen LogP contribution in [0.3, 0.4) is 0 Å². The molecule has 1 unspecified atom stereocenters. The first-order valence-corrected chi connectivity index (χ1v) is 10.6. The first kappa shape index (κ1) is 19.8. The molecule has 3 aromatic rings. The molecule has 0 spiro atoms. The second kappa shape index (κ2) is 8.37. The number of pyridine rings is 1. The summed E-state index contributed by atoms with van der Waals surface area (Å²) in [5.74, 6) is -0.0159. The van der Waals surface area contributed by atoms with Crippen LogP contribution in [0.25, 0.3) is 10.8 Å². The third-order valence-electron chi connectivity index (χ3n) is 4.29. The van der Waals surface area contributed by atoms with E-state index in [1.165, 1.54) is 0 Å². The largest absolute Gasteiger partial charge is 0.384 e. The molecule has 4 N–H and O–H groups in total. The van der Waals surface area contributed by atoms with Crippen LogP contribution in [-0.2, 0) is 27.8 Å². The van der Waals surface area contributed by atoms with Gasteiger partial charge < -0.3 is 11.1 Å². The molecule has 28 heavy (non-hydrogen) atoms. The van der Waals surface area contributed by atoms with Crippen LogP contribution < -0.4 is 15.8 Å². The van der Waals surface area contributed by atoms with Crippen molar-refractivity contribution in [2.75, 3.05) is 12.0 Å². The second-order valence-electron chi connectivity index (χ2n) is 6.59. The zero-order valence-electron chi connectivity index (χ0n) is 15.4. The number of nitrogen functional groups attached to an aromatic ring is 1. The van der Waals surface area contributed by atoms with E-state index in [-0.39, 0.29) is 13.0 Å². The summed E-state index contributed by atoms with van der Waals surface area (Å²) in [5, 5.41) is 4.78. The monoisotopic (exact) mass is 398 g/mol. The minimum absolute atomic E-state index is 0.226. The first-order chi connectivity index (χ1) is 13.3. The number of anilines is 1. The van der Waals surface area contributed by atoms with Crippen molar-refractivity contribution < 1.29 is 13.2 Å². The Morgan fingerprint density at radius 2 is 1.86 bits per heavy atom. The normalized spacial score (nSPS) is 12.6. The lowest BCUT2D eigenvalue weighted by Gasteiger charge is -2.18. The highest BCUT2D eigenvalue weighted by Crippen LogP contribution is 2.20. The number of amides is 1. The highest BCUT2D eigenvalue weighted by Gasteiger charge is 2.23. The molecule has 1 heterocycles. The van der Waals surface area contributed by atoms with Crippen LogP contribution >= 0.6 is 0 Å². The Kier molecular flexibility index (Phi) is 5.91. The van der Waals surface area contributed by atoms with Gasteiger partial charge in [0.25, 0.3) is 0 Å². The number of carbonyl (C=O) groups excluding carboxylic acids is 1. The van der Waals surface area contributed by atoms with Crippen LogP contribution in [0.2, 0.25) is 0 Å². The summed E-state index contributed by atoms with van der Waals surface area (Å²) in [6, 6.07) is 16.0. The maximum atomic E-state index is 12.7. The van der Waals surface area contributed by atoms with Crippen LogP contribution in [0.1, 0.15) is 11.1 Å². The number of rotatable bonds is 7. The fourth-order valence-corrected chi connectivity index (χ4v) is 3.70. The number of nitrogens with two attached hydrogens (primary N) is 1. The quantitative estimate of drug-likeness (QED) is 0.559. The molecule has 0 fully saturated rings. The third kappa shape index (κ3) is 5.28. The molecule has 0 radical (unpaired) electrons. The van der Waals surface area contributed by atoms with E-state index in [9.17, 15) is 13.2 Å². The molecule has 7 nitrogen and oxygen atoms in total. The second-order valence-corrected chi connectivity index (χ2v) is 8.37. The molecule has 0 aliphatic heterocycles. The van der Waals surface area contributed by atoms with Crippen molar-refractivity contribution in [3.05, 3.63) is 71.9 Å². The number of benzene rings is 2. The molecule has 0 saturated heterocycles. The molecule has 0 aliphatic carbocycles. The van der Waals surface area contributed by atoms with Gasteiger partial charge in [0.1, 0.15) is 11.9 Å². The molecule has 0 aliphatic rings. The average Bonchev–Trinajstić information content (AvgIpc) is 2.66. The van der Waals surface area contributed by atoms with E-state index in [4.69, 9.17) is 5.73 Å². The summed E-state index contributed by atoms with van der Waals surface area (Å²) in [4.78, 5) is 16.7. The minimum atomic E-state index is -3.57. The van der Waals surface area contributed by atoms with Gasteiger partial charge in [-0.1, -0.05) is 48.5 Å². The van der Waals surface area contributed by atoms with E-state index in [0.717, 1.165) is 28.2 Å². The lowest BCUT2D eigenvalue weighted by Crippen LogP contribution is -2.47. The van der Waals surface area contributed by atoms with Gasteiger partial charge in [0.15, 0.2) is 0 Å². The van der Waals surface area contributed by atoms with E-state index in [0.29, 0.717) is 5.82 Å². The molecule has 3 rings (SSSR count). The van der Waals surface area contributed by atoms with Gasteiger partial charge in [0, 0.05) is 12.7 Å². The molecule has 1 amide bonds. The maximum absolute atomic E-state index is 12.7. The summed E-state index contributed by atoms with van der Waals surface area (Å²) >= 11 is 0. The molecular weight excluding hydrogens is 376 g/mol. The van der Waals surface area contributed by atoms with Crippen LogP contribution in [0.5, 0.6) is 0 Å². The van der Waals surface area contributed by atoms with Crippen molar-refractivity contribution >= 4 is 32.5 Å². The number of aromatic nitrogens is 1. The number of hydrogen-bond acceptors (Lipinski definition) is 5. The van der Waals surface area contributed by atoms with Gasteiger partial charge in [-0.3, -0.25) is 4.79 Å². The van der Waals surface area contributed by atoms with Crippen molar-refractivity contribution in [2.45, 2.75) is 19.0 Å². The number of sulfonamides is 1. The maximum Gasteiger partial charge on any atom is 0.238 e. The SMILES string of the molecule is CS(=O)(=O)NC(Cc1cccc2ccccc12)C(=O)NCc1ccc(N)nc1. The zero-order chi connectivity index (χ0) is 20.1. The Labute approximate surface area is 164 Å². The summed E-state index contributed by atoms with van der Waals surface area (Å²) in [5.41, 5.74) is 7.22. The Morgan fingerprint density at radius 1 is 1.11 bits per heavy atom. The fourth-order valence-electron chi connectivity index (χ4n) is 2.99. The van der Waals surface area contributed by atoms with E-state index in [1.807, 2.05) is 42.5 Å². The van der Waals surface area contributed by atoms with Gasteiger partial charge in [-0.05, 0) is 34.4 Å². The molecule has 0 bridgehead atoms. The third-order valence-corrected chi connectivity index (χ3v) is 5.00. The van der Waals surface area contributed by atoms with Gasteiger partial charge in [-0.15, -0.1) is 0 Å².